The molecule has 0 amide bonds. The normalized spacial score (nSPS) is 13.6. The highest BCUT2D eigenvalue weighted by molar-refractivity contribution is 5.33. The molecular formula is C19H25NO2. The average molecular weight is 299 g/mol. The number of rotatable bonds is 7. The molecule has 3 nitrogen and oxygen atoms in total. The number of nitrogens with one attached hydrogen (secondary N) is 1. The van der Waals surface area contributed by atoms with Crippen LogP contribution >= 0.6 is 0 Å². The zero-order chi connectivity index (χ0) is 15.9. The van der Waals surface area contributed by atoms with E-state index in [0.717, 1.165) is 5.75 Å². The van der Waals surface area contributed by atoms with Crippen molar-refractivity contribution in [3.63, 3.8) is 0 Å². The largest absolute Gasteiger partial charge is 0.491 e. The molecule has 0 radical (unpaired) electrons. The fraction of sp³-hybridized carbons (Fsp3) is 0.368. The van der Waals surface area contributed by atoms with Crippen molar-refractivity contribution in [2.24, 2.45) is 0 Å². The molecular weight excluding hydrogens is 274 g/mol. The molecule has 2 atom stereocenters. The summed E-state index contributed by atoms with van der Waals surface area (Å²) in [6.45, 7) is 6.96. The Kier molecular flexibility index (Phi) is 5.99. The van der Waals surface area contributed by atoms with E-state index in [4.69, 9.17) is 4.74 Å². The van der Waals surface area contributed by atoms with E-state index in [-0.39, 0.29) is 12.6 Å². The fourth-order valence-electron chi connectivity index (χ4n) is 2.44. The third-order valence-corrected chi connectivity index (χ3v) is 3.60. The third-order valence-electron chi connectivity index (χ3n) is 3.60. The molecule has 22 heavy (non-hydrogen) atoms. The lowest BCUT2D eigenvalue weighted by Crippen LogP contribution is -2.33. The highest BCUT2D eigenvalue weighted by atomic mass is 16.5. The lowest BCUT2D eigenvalue weighted by atomic mass is 10.1. The van der Waals surface area contributed by atoms with Crippen LogP contribution in [0, 0.1) is 13.8 Å². The Morgan fingerprint density at radius 1 is 1.05 bits per heavy atom. The molecule has 0 aromatic heterocycles. The fourth-order valence-corrected chi connectivity index (χ4v) is 2.44. The Bertz CT molecular complexity index is 563. The first-order chi connectivity index (χ1) is 10.5. The van der Waals surface area contributed by atoms with E-state index >= 15 is 0 Å². The van der Waals surface area contributed by atoms with Crippen LogP contribution in [0.25, 0.3) is 0 Å². The number of hydrogen-bond acceptors (Lipinski definition) is 3. The summed E-state index contributed by atoms with van der Waals surface area (Å²) >= 11 is 0. The SMILES string of the molecule is Cc1cc(C)cc(OCC(O)CNC(C)c2ccccc2)c1. The monoisotopic (exact) mass is 299 g/mol. The number of hydrogen-bond donors (Lipinski definition) is 2. The van der Waals surface area contributed by atoms with Crippen molar-refractivity contribution in [1.82, 2.24) is 5.32 Å². The van der Waals surface area contributed by atoms with Crippen molar-refractivity contribution in [3.8, 4) is 5.75 Å². The molecule has 0 aliphatic carbocycles. The first-order valence-corrected chi connectivity index (χ1v) is 7.72. The number of aliphatic hydroxyl groups is 1. The van der Waals surface area contributed by atoms with Gasteiger partial charge >= 0.3 is 0 Å². The van der Waals surface area contributed by atoms with Crippen LogP contribution in [0.4, 0.5) is 0 Å². The van der Waals surface area contributed by atoms with E-state index in [9.17, 15) is 5.11 Å². The van der Waals surface area contributed by atoms with Crippen LogP contribution < -0.4 is 10.1 Å². The molecule has 0 fully saturated rings. The first-order valence-electron chi connectivity index (χ1n) is 7.72. The molecule has 2 unspecified atom stereocenters. The summed E-state index contributed by atoms with van der Waals surface area (Å²) in [5, 5.41) is 13.4. The van der Waals surface area contributed by atoms with Crippen molar-refractivity contribution in [3.05, 3.63) is 65.2 Å². The third kappa shape index (κ3) is 5.17. The van der Waals surface area contributed by atoms with Gasteiger partial charge in [0, 0.05) is 12.6 Å². The summed E-state index contributed by atoms with van der Waals surface area (Å²) in [5.41, 5.74) is 3.55. The van der Waals surface area contributed by atoms with Crippen LogP contribution in [0.15, 0.2) is 48.5 Å². The number of benzene rings is 2. The van der Waals surface area contributed by atoms with Gasteiger partial charge in [0.15, 0.2) is 0 Å². The smallest absolute Gasteiger partial charge is 0.119 e. The van der Waals surface area contributed by atoms with Gasteiger partial charge in [0.05, 0.1) is 0 Å². The van der Waals surface area contributed by atoms with Gasteiger partial charge in [-0.05, 0) is 49.6 Å². The standard InChI is InChI=1S/C19H25NO2/c1-14-9-15(2)11-19(10-14)22-13-18(21)12-20-16(3)17-7-5-4-6-8-17/h4-11,16,18,20-21H,12-13H2,1-3H3. The topological polar surface area (TPSA) is 41.5 Å². The summed E-state index contributed by atoms with van der Waals surface area (Å²) in [6.07, 6.45) is -0.535. The van der Waals surface area contributed by atoms with Gasteiger partial charge in [-0.2, -0.15) is 0 Å². The zero-order valence-electron chi connectivity index (χ0n) is 13.5. The van der Waals surface area contributed by atoms with E-state index < -0.39 is 6.10 Å². The summed E-state index contributed by atoms with van der Waals surface area (Å²) < 4.78 is 5.68. The van der Waals surface area contributed by atoms with E-state index in [1.54, 1.807) is 0 Å². The summed E-state index contributed by atoms with van der Waals surface area (Å²) in [6, 6.07) is 16.5. The Morgan fingerprint density at radius 2 is 1.68 bits per heavy atom. The highest BCUT2D eigenvalue weighted by Gasteiger charge is 2.09. The second kappa shape index (κ2) is 7.97. The Balaban J connectivity index is 1.77. The van der Waals surface area contributed by atoms with Gasteiger partial charge in [0.1, 0.15) is 18.5 Å². The van der Waals surface area contributed by atoms with Crippen LogP contribution in [0.3, 0.4) is 0 Å². The summed E-state index contributed by atoms with van der Waals surface area (Å²) in [5.74, 6) is 0.813. The second-order valence-corrected chi connectivity index (χ2v) is 5.83. The van der Waals surface area contributed by atoms with Crippen molar-refractivity contribution in [2.75, 3.05) is 13.2 Å². The molecule has 0 bridgehead atoms. The Labute approximate surface area is 133 Å². The lowest BCUT2D eigenvalue weighted by molar-refractivity contribution is 0.104. The van der Waals surface area contributed by atoms with Gasteiger partial charge in [-0.3, -0.25) is 0 Å². The van der Waals surface area contributed by atoms with Gasteiger partial charge in [-0.1, -0.05) is 36.4 Å². The quantitative estimate of drug-likeness (QED) is 0.823. The van der Waals surface area contributed by atoms with E-state index in [2.05, 4.69) is 30.4 Å². The molecule has 3 heteroatoms. The number of aryl methyl sites for hydroxylation is 2. The minimum Gasteiger partial charge on any atom is -0.491 e. The van der Waals surface area contributed by atoms with Gasteiger partial charge in [0.25, 0.3) is 0 Å². The molecule has 0 aliphatic rings. The molecule has 2 aromatic rings. The predicted octanol–water partition coefficient (Wildman–Crippen LogP) is 3.39. The van der Waals surface area contributed by atoms with E-state index in [1.807, 2.05) is 44.2 Å². The number of ether oxygens (including phenoxy) is 1. The Morgan fingerprint density at radius 3 is 2.32 bits per heavy atom. The van der Waals surface area contributed by atoms with Crippen LogP contribution in [-0.4, -0.2) is 24.4 Å². The highest BCUT2D eigenvalue weighted by Crippen LogP contribution is 2.16. The van der Waals surface area contributed by atoms with Crippen molar-refractivity contribution < 1.29 is 9.84 Å². The average Bonchev–Trinajstić information content (AvgIpc) is 2.50. The van der Waals surface area contributed by atoms with Gasteiger partial charge < -0.3 is 15.2 Å². The first kappa shape index (κ1) is 16.5. The van der Waals surface area contributed by atoms with Gasteiger partial charge in [-0.25, -0.2) is 0 Å². The lowest BCUT2D eigenvalue weighted by Gasteiger charge is -2.18. The second-order valence-electron chi connectivity index (χ2n) is 5.83. The molecule has 0 saturated carbocycles. The van der Waals surface area contributed by atoms with Crippen LogP contribution in [0.5, 0.6) is 5.75 Å². The van der Waals surface area contributed by atoms with E-state index in [1.165, 1.54) is 16.7 Å². The van der Waals surface area contributed by atoms with Crippen molar-refractivity contribution in [1.29, 1.82) is 0 Å². The van der Waals surface area contributed by atoms with Crippen LogP contribution in [-0.2, 0) is 0 Å². The van der Waals surface area contributed by atoms with E-state index in [0.29, 0.717) is 6.54 Å². The molecule has 0 aliphatic heterocycles. The molecule has 118 valence electrons. The maximum Gasteiger partial charge on any atom is 0.119 e. The minimum absolute atomic E-state index is 0.206. The molecule has 2 rings (SSSR count). The molecule has 2 aromatic carbocycles. The maximum absolute atomic E-state index is 10.1. The number of aliphatic hydroxyl groups excluding tert-OH is 1. The van der Waals surface area contributed by atoms with Crippen LogP contribution in [0.1, 0.15) is 29.7 Å². The van der Waals surface area contributed by atoms with Gasteiger partial charge in [0.2, 0.25) is 0 Å². The summed E-state index contributed by atoms with van der Waals surface area (Å²) in [7, 11) is 0. The Hall–Kier alpha value is -1.84. The molecule has 2 N–H and O–H groups in total. The molecule has 0 saturated heterocycles. The van der Waals surface area contributed by atoms with Gasteiger partial charge in [-0.15, -0.1) is 0 Å². The zero-order valence-corrected chi connectivity index (χ0v) is 13.5. The molecule has 0 heterocycles. The van der Waals surface area contributed by atoms with Crippen molar-refractivity contribution in [2.45, 2.75) is 32.9 Å². The maximum atomic E-state index is 10.1. The summed E-state index contributed by atoms with van der Waals surface area (Å²) in [4.78, 5) is 0. The minimum atomic E-state index is -0.535. The molecule has 0 spiro atoms. The predicted molar refractivity (Wildman–Crippen MR) is 90.3 cm³/mol. The van der Waals surface area contributed by atoms with Crippen molar-refractivity contribution >= 4 is 0 Å². The van der Waals surface area contributed by atoms with Crippen LogP contribution in [0.2, 0.25) is 0 Å².